The minimum absolute atomic E-state index is 0.211. The smallest absolute Gasteiger partial charge is 0.331 e. The number of nitrogens with one attached hydrogen (secondary N) is 2. The molecule has 1 fully saturated rings. The monoisotopic (exact) mass is 340 g/mol. The molecule has 0 aliphatic carbocycles. The van der Waals surface area contributed by atoms with Crippen LogP contribution < -0.4 is 10.2 Å². The Morgan fingerprint density at radius 1 is 1.16 bits per heavy atom. The molecule has 0 radical (unpaired) electrons. The van der Waals surface area contributed by atoms with Crippen molar-refractivity contribution >= 4 is 29.2 Å². The number of anilines is 2. The summed E-state index contributed by atoms with van der Waals surface area (Å²) in [5, 5.41) is 2.89. The van der Waals surface area contributed by atoms with Crippen LogP contribution in [0.15, 0.2) is 30.6 Å². The molecule has 7 heteroatoms. The van der Waals surface area contributed by atoms with Gasteiger partial charge in [0.15, 0.2) is 0 Å². The largest absolute Gasteiger partial charge is 0.367 e. The first-order valence-corrected chi connectivity index (χ1v) is 8.04. The fourth-order valence-electron chi connectivity index (χ4n) is 2.98. The number of aromatic amines is 1. The molecule has 0 saturated carbocycles. The topological polar surface area (TPSA) is 85.5 Å². The summed E-state index contributed by atoms with van der Waals surface area (Å²) in [6.07, 6.45) is 3.41. The highest BCUT2D eigenvalue weighted by Crippen LogP contribution is 2.30. The van der Waals surface area contributed by atoms with Gasteiger partial charge in [0.2, 0.25) is 5.91 Å². The van der Waals surface area contributed by atoms with Crippen molar-refractivity contribution in [1.82, 2.24) is 9.88 Å². The van der Waals surface area contributed by atoms with Crippen molar-refractivity contribution < 1.29 is 14.4 Å². The lowest BCUT2D eigenvalue weighted by molar-refractivity contribution is -0.125. The van der Waals surface area contributed by atoms with E-state index in [9.17, 15) is 14.4 Å². The van der Waals surface area contributed by atoms with Crippen LogP contribution >= 0.6 is 0 Å². The van der Waals surface area contributed by atoms with E-state index in [1.54, 1.807) is 29.4 Å². The number of carbonyl (C=O) groups excluding carboxylic acids is 3. The first-order chi connectivity index (χ1) is 11.9. The molecule has 1 aromatic carbocycles. The molecule has 1 aliphatic rings. The summed E-state index contributed by atoms with van der Waals surface area (Å²) in [6.45, 7) is 5.89. The standard InChI is InChI=1S/C18H20N4O3/c1-11-9-19-10-14(11)17(24)20-15-5-4-6-16(12(15)2)22-8-7-21(13(3)23)18(22)25/h4-6,9-10,19H,7-8H2,1-3H3,(H,20,24). The lowest BCUT2D eigenvalue weighted by Crippen LogP contribution is -2.35. The molecule has 7 nitrogen and oxygen atoms in total. The van der Waals surface area contributed by atoms with Gasteiger partial charge in [-0.2, -0.15) is 0 Å². The number of amides is 4. The summed E-state index contributed by atoms with van der Waals surface area (Å²) in [4.78, 5) is 42.0. The highest BCUT2D eigenvalue weighted by Gasteiger charge is 2.33. The van der Waals surface area contributed by atoms with Gasteiger partial charge in [0.1, 0.15) is 0 Å². The van der Waals surface area contributed by atoms with E-state index in [0.29, 0.717) is 30.0 Å². The van der Waals surface area contributed by atoms with Crippen LogP contribution in [0.25, 0.3) is 0 Å². The van der Waals surface area contributed by atoms with Gasteiger partial charge >= 0.3 is 6.03 Å². The lowest BCUT2D eigenvalue weighted by Gasteiger charge is -2.20. The van der Waals surface area contributed by atoms with Crippen LogP contribution in [-0.2, 0) is 4.79 Å². The fourth-order valence-corrected chi connectivity index (χ4v) is 2.98. The van der Waals surface area contributed by atoms with Gasteiger partial charge in [0, 0.05) is 38.1 Å². The van der Waals surface area contributed by atoms with Gasteiger partial charge in [-0.3, -0.25) is 19.4 Å². The van der Waals surface area contributed by atoms with Crippen molar-refractivity contribution in [2.45, 2.75) is 20.8 Å². The number of urea groups is 1. The van der Waals surface area contributed by atoms with Crippen LogP contribution in [-0.4, -0.2) is 40.8 Å². The van der Waals surface area contributed by atoms with Crippen LogP contribution in [0.4, 0.5) is 16.2 Å². The number of rotatable bonds is 3. The van der Waals surface area contributed by atoms with Crippen molar-refractivity contribution in [3.05, 3.63) is 47.3 Å². The Hall–Kier alpha value is -3.09. The summed E-state index contributed by atoms with van der Waals surface area (Å²) >= 11 is 0. The quantitative estimate of drug-likeness (QED) is 0.901. The first-order valence-electron chi connectivity index (χ1n) is 8.04. The van der Waals surface area contributed by atoms with Gasteiger partial charge in [-0.05, 0) is 37.1 Å². The second-order valence-corrected chi connectivity index (χ2v) is 6.06. The summed E-state index contributed by atoms with van der Waals surface area (Å²) in [5.41, 5.74) is 3.54. The minimum atomic E-state index is -0.333. The second kappa shape index (κ2) is 6.43. The Morgan fingerprint density at radius 3 is 2.52 bits per heavy atom. The van der Waals surface area contributed by atoms with Gasteiger partial charge in [0.25, 0.3) is 5.91 Å². The molecule has 1 saturated heterocycles. The van der Waals surface area contributed by atoms with E-state index in [0.717, 1.165) is 11.1 Å². The molecule has 0 bridgehead atoms. The predicted molar refractivity (Wildman–Crippen MR) is 94.8 cm³/mol. The molecular weight excluding hydrogens is 320 g/mol. The Balaban J connectivity index is 1.86. The molecule has 4 amide bonds. The minimum Gasteiger partial charge on any atom is -0.367 e. The van der Waals surface area contributed by atoms with Crippen LogP contribution in [0.3, 0.4) is 0 Å². The predicted octanol–water partition coefficient (Wildman–Crippen LogP) is 2.67. The van der Waals surface area contributed by atoms with Crippen molar-refractivity contribution in [2.75, 3.05) is 23.3 Å². The van der Waals surface area contributed by atoms with E-state index < -0.39 is 0 Å². The van der Waals surface area contributed by atoms with Crippen molar-refractivity contribution in [1.29, 1.82) is 0 Å². The molecule has 0 atom stereocenters. The normalized spacial score (nSPS) is 14.1. The van der Waals surface area contributed by atoms with Crippen LogP contribution in [0, 0.1) is 13.8 Å². The lowest BCUT2D eigenvalue weighted by atomic mass is 10.1. The van der Waals surface area contributed by atoms with Gasteiger partial charge in [-0.1, -0.05) is 6.07 Å². The molecule has 3 rings (SSSR count). The average Bonchev–Trinajstić information content (AvgIpc) is 3.15. The number of imide groups is 1. The maximum atomic E-state index is 12.4. The number of aryl methyl sites for hydroxylation is 1. The van der Waals surface area contributed by atoms with Gasteiger partial charge < -0.3 is 10.3 Å². The highest BCUT2D eigenvalue weighted by molar-refractivity contribution is 6.07. The van der Waals surface area contributed by atoms with Gasteiger partial charge in [-0.15, -0.1) is 0 Å². The number of aromatic nitrogens is 1. The first kappa shape index (κ1) is 16.8. The summed E-state index contributed by atoms with van der Waals surface area (Å²) in [5.74, 6) is -0.477. The number of nitrogens with zero attached hydrogens (tertiary/aromatic N) is 2. The molecule has 1 aromatic heterocycles. The van der Waals surface area contributed by atoms with E-state index in [2.05, 4.69) is 10.3 Å². The second-order valence-electron chi connectivity index (χ2n) is 6.06. The van der Waals surface area contributed by atoms with Gasteiger partial charge in [-0.25, -0.2) is 4.79 Å². The Labute approximate surface area is 145 Å². The van der Waals surface area contributed by atoms with Gasteiger partial charge in [0.05, 0.1) is 11.3 Å². The average molecular weight is 340 g/mol. The molecule has 130 valence electrons. The van der Waals surface area contributed by atoms with Crippen molar-refractivity contribution in [3.8, 4) is 0 Å². The molecule has 2 heterocycles. The maximum absolute atomic E-state index is 12.4. The molecule has 2 aromatic rings. The number of hydrogen-bond donors (Lipinski definition) is 2. The number of benzene rings is 1. The fraction of sp³-hybridized carbons (Fsp3) is 0.278. The van der Waals surface area contributed by atoms with E-state index in [-0.39, 0.29) is 17.8 Å². The molecule has 1 aliphatic heterocycles. The Bertz CT molecular complexity index is 856. The van der Waals surface area contributed by atoms with Crippen LogP contribution in [0.2, 0.25) is 0 Å². The summed E-state index contributed by atoms with van der Waals surface area (Å²) in [7, 11) is 0. The van der Waals surface area contributed by atoms with E-state index in [4.69, 9.17) is 0 Å². The molecule has 0 spiro atoms. The van der Waals surface area contributed by atoms with Crippen LogP contribution in [0.5, 0.6) is 0 Å². The highest BCUT2D eigenvalue weighted by atomic mass is 16.2. The third-order valence-electron chi connectivity index (χ3n) is 4.43. The molecular formula is C18H20N4O3. The van der Waals surface area contributed by atoms with E-state index >= 15 is 0 Å². The van der Waals surface area contributed by atoms with Crippen molar-refractivity contribution in [2.24, 2.45) is 0 Å². The van der Waals surface area contributed by atoms with Crippen LogP contribution in [0.1, 0.15) is 28.4 Å². The Morgan fingerprint density at radius 2 is 1.92 bits per heavy atom. The third-order valence-corrected chi connectivity index (χ3v) is 4.43. The number of carbonyl (C=O) groups is 3. The van der Waals surface area contributed by atoms with Crippen molar-refractivity contribution in [3.63, 3.8) is 0 Å². The third kappa shape index (κ3) is 3.00. The molecule has 25 heavy (non-hydrogen) atoms. The summed E-state index contributed by atoms with van der Waals surface area (Å²) < 4.78 is 0. The zero-order valence-corrected chi connectivity index (χ0v) is 14.4. The zero-order chi connectivity index (χ0) is 18.1. The maximum Gasteiger partial charge on any atom is 0.331 e. The molecule has 0 unspecified atom stereocenters. The SMILES string of the molecule is CC(=O)N1CCN(c2cccc(NC(=O)c3c[nH]cc3C)c2C)C1=O. The Kier molecular flexibility index (Phi) is 4.31. The molecule has 2 N–H and O–H groups in total. The number of hydrogen-bond acceptors (Lipinski definition) is 3. The summed E-state index contributed by atoms with van der Waals surface area (Å²) in [6, 6.07) is 5.06. The van der Waals surface area contributed by atoms with E-state index in [1.165, 1.54) is 11.8 Å². The number of H-pyrrole nitrogens is 1. The zero-order valence-electron chi connectivity index (χ0n) is 14.4. The van der Waals surface area contributed by atoms with E-state index in [1.807, 2.05) is 19.9 Å².